The summed E-state index contributed by atoms with van der Waals surface area (Å²) >= 11 is 5.96. The zero-order valence-corrected chi connectivity index (χ0v) is 13.0. The van der Waals surface area contributed by atoms with E-state index in [-0.39, 0.29) is 6.10 Å². The minimum absolute atomic E-state index is 0.0605. The van der Waals surface area contributed by atoms with E-state index in [0.29, 0.717) is 12.5 Å². The Hall–Kier alpha value is -1.65. The first-order valence-corrected chi connectivity index (χ1v) is 8.12. The summed E-state index contributed by atoms with van der Waals surface area (Å²) in [6.45, 7) is 2.38. The number of benzene rings is 1. The number of aromatic nitrogens is 2. The predicted octanol–water partition coefficient (Wildman–Crippen LogP) is 3.59. The molecule has 1 saturated carbocycles. The van der Waals surface area contributed by atoms with Crippen LogP contribution in [0.15, 0.2) is 36.5 Å². The number of hydrogen-bond donors (Lipinski definition) is 0. The number of halogens is 1. The van der Waals surface area contributed by atoms with Crippen molar-refractivity contribution in [2.75, 3.05) is 24.6 Å². The molecule has 1 saturated heterocycles. The monoisotopic (exact) mass is 315 g/mol. The van der Waals surface area contributed by atoms with Crippen LogP contribution in [0.5, 0.6) is 0 Å². The fraction of sp³-hybridized carbons (Fsp3) is 0.412. The van der Waals surface area contributed by atoms with Crippen LogP contribution in [-0.2, 0) is 4.74 Å². The van der Waals surface area contributed by atoms with Crippen molar-refractivity contribution >= 4 is 17.4 Å². The highest BCUT2D eigenvalue weighted by Gasteiger charge is 2.28. The summed E-state index contributed by atoms with van der Waals surface area (Å²) in [5.41, 5.74) is 1.16. The quantitative estimate of drug-likeness (QED) is 0.867. The Bertz CT molecular complexity index is 657. The number of ether oxygens (including phenoxy) is 1. The van der Waals surface area contributed by atoms with Crippen molar-refractivity contribution in [1.82, 2.24) is 9.97 Å². The van der Waals surface area contributed by atoms with Crippen LogP contribution in [-0.4, -0.2) is 29.7 Å². The molecule has 0 amide bonds. The lowest BCUT2D eigenvalue weighted by atomic mass is 10.1. The van der Waals surface area contributed by atoms with Crippen LogP contribution < -0.4 is 4.90 Å². The van der Waals surface area contributed by atoms with E-state index in [1.54, 1.807) is 0 Å². The van der Waals surface area contributed by atoms with E-state index in [1.165, 1.54) is 12.8 Å². The van der Waals surface area contributed by atoms with E-state index in [0.717, 1.165) is 35.3 Å². The van der Waals surface area contributed by atoms with E-state index in [4.69, 9.17) is 21.3 Å². The van der Waals surface area contributed by atoms with Gasteiger partial charge in [-0.15, -0.1) is 0 Å². The summed E-state index contributed by atoms with van der Waals surface area (Å²) in [6.07, 6.45) is 4.38. The molecule has 1 atom stereocenters. The number of anilines is 1. The second-order valence-electron chi connectivity index (χ2n) is 5.90. The molecule has 1 aliphatic heterocycles. The van der Waals surface area contributed by atoms with Crippen molar-refractivity contribution in [2.45, 2.75) is 24.9 Å². The van der Waals surface area contributed by atoms with Crippen molar-refractivity contribution in [3.05, 3.63) is 52.9 Å². The second-order valence-corrected chi connectivity index (χ2v) is 6.34. The summed E-state index contributed by atoms with van der Waals surface area (Å²) in [7, 11) is 0. The molecule has 1 aromatic heterocycles. The van der Waals surface area contributed by atoms with E-state index in [2.05, 4.69) is 9.88 Å². The zero-order valence-electron chi connectivity index (χ0n) is 12.3. The molecule has 114 valence electrons. The van der Waals surface area contributed by atoms with Crippen LogP contribution in [0.4, 0.5) is 5.82 Å². The van der Waals surface area contributed by atoms with Gasteiger partial charge in [-0.25, -0.2) is 9.97 Å². The Morgan fingerprint density at radius 1 is 1.14 bits per heavy atom. The van der Waals surface area contributed by atoms with Gasteiger partial charge in [0.1, 0.15) is 17.7 Å². The minimum Gasteiger partial charge on any atom is -0.370 e. The fourth-order valence-electron chi connectivity index (χ4n) is 2.81. The first-order chi connectivity index (χ1) is 10.8. The molecular formula is C17H18ClN3O. The van der Waals surface area contributed by atoms with E-state index < -0.39 is 0 Å². The van der Waals surface area contributed by atoms with Crippen LogP contribution >= 0.6 is 11.6 Å². The molecule has 4 nitrogen and oxygen atoms in total. The van der Waals surface area contributed by atoms with Crippen molar-refractivity contribution in [3.63, 3.8) is 0 Å². The third-order valence-electron chi connectivity index (χ3n) is 4.23. The summed E-state index contributed by atoms with van der Waals surface area (Å²) in [5.74, 6) is 2.58. The van der Waals surface area contributed by atoms with Crippen LogP contribution in [0.1, 0.15) is 36.3 Å². The highest BCUT2D eigenvalue weighted by molar-refractivity contribution is 6.30. The van der Waals surface area contributed by atoms with Gasteiger partial charge >= 0.3 is 0 Å². The molecule has 5 heteroatoms. The number of nitrogens with zero attached hydrogens (tertiary/aromatic N) is 3. The first-order valence-electron chi connectivity index (χ1n) is 7.74. The van der Waals surface area contributed by atoms with E-state index in [1.807, 2.05) is 36.5 Å². The Morgan fingerprint density at radius 2 is 1.95 bits per heavy atom. The van der Waals surface area contributed by atoms with E-state index >= 15 is 0 Å². The summed E-state index contributed by atoms with van der Waals surface area (Å²) in [5, 5.41) is 0.751. The Morgan fingerprint density at radius 3 is 2.73 bits per heavy atom. The van der Waals surface area contributed by atoms with Gasteiger partial charge in [-0.05, 0) is 36.6 Å². The molecule has 0 spiro atoms. The van der Waals surface area contributed by atoms with Gasteiger partial charge in [-0.1, -0.05) is 23.7 Å². The number of rotatable bonds is 3. The van der Waals surface area contributed by atoms with Gasteiger partial charge in [0.05, 0.1) is 6.61 Å². The predicted molar refractivity (Wildman–Crippen MR) is 86.4 cm³/mol. The smallest absolute Gasteiger partial charge is 0.133 e. The zero-order chi connectivity index (χ0) is 14.9. The molecule has 1 unspecified atom stereocenters. The topological polar surface area (TPSA) is 38.2 Å². The summed E-state index contributed by atoms with van der Waals surface area (Å²) in [6, 6.07) is 9.89. The van der Waals surface area contributed by atoms with Crippen molar-refractivity contribution < 1.29 is 4.74 Å². The van der Waals surface area contributed by atoms with Gasteiger partial charge in [-0.2, -0.15) is 0 Å². The van der Waals surface area contributed by atoms with Crippen LogP contribution in [0, 0.1) is 0 Å². The van der Waals surface area contributed by atoms with E-state index in [9.17, 15) is 0 Å². The Balaban J connectivity index is 1.53. The standard InChI is InChI=1S/C17H18ClN3O/c18-14-5-3-12(4-6-14)15-11-21(9-10-22-15)16-7-8-19-17(20-16)13-1-2-13/h3-8,13,15H,1-2,9-11H2. The molecule has 2 aromatic rings. The normalized spacial score (nSPS) is 21.9. The maximum absolute atomic E-state index is 5.96. The highest BCUT2D eigenvalue weighted by Crippen LogP contribution is 2.38. The molecule has 0 radical (unpaired) electrons. The average Bonchev–Trinajstić information content (AvgIpc) is 3.41. The Labute approximate surface area is 135 Å². The molecule has 2 fully saturated rings. The molecule has 1 aliphatic carbocycles. The maximum Gasteiger partial charge on any atom is 0.133 e. The molecule has 4 rings (SSSR count). The minimum atomic E-state index is 0.0605. The highest BCUT2D eigenvalue weighted by atomic mass is 35.5. The summed E-state index contributed by atoms with van der Waals surface area (Å²) in [4.78, 5) is 11.4. The number of hydrogen-bond acceptors (Lipinski definition) is 4. The van der Waals surface area contributed by atoms with Gasteiger partial charge in [0, 0.05) is 30.2 Å². The molecule has 0 bridgehead atoms. The molecule has 1 aromatic carbocycles. The van der Waals surface area contributed by atoms with Crippen LogP contribution in [0.25, 0.3) is 0 Å². The average molecular weight is 316 g/mol. The van der Waals surface area contributed by atoms with Crippen molar-refractivity contribution in [3.8, 4) is 0 Å². The van der Waals surface area contributed by atoms with Gasteiger partial charge in [0.15, 0.2) is 0 Å². The van der Waals surface area contributed by atoms with Crippen molar-refractivity contribution in [1.29, 1.82) is 0 Å². The molecule has 22 heavy (non-hydrogen) atoms. The van der Waals surface area contributed by atoms with Crippen molar-refractivity contribution in [2.24, 2.45) is 0 Å². The lowest BCUT2D eigenvalue weighted by Gasteiger charge is -2.34. The van der Waals surface area contributed by atoms with Gasteiger partial charge in [-0.3, -0.25) is 0 Å². The third kappa shape index (κ3) is 2.94. The largest absolute Gasteiger partial charge is 0.370 e. The van der Waals surface area contributed by atoms with Crippen LogP contribution in [0.3, 0.4) is 0 Å². The SMILES string of the molecule is Clc1ccc(C2CN(c3ccnc(C4CC4)n3)CCO2)cc1. The molecule has 0 N–H and O–H groups in total. The lowest BCUT2D eigenvalue weighted by Crippen LogP contribution is -2.39. The maximum atomic E-state index is 5.96. The molecular weight excluding hydrogens is 298 g/mol. The fourth-order valence-corrected chi connectivity index (χ4v) is 2.94. The lowest BCUT2D eigenvalue weighted by molar-refractivity contribution is 0.0395. The Kier molecular flexibility index (Phi) is 3.72. The van der Waals surface area contributed by atoms with Gasteiger partial charge < -0.3 is 9.64 Å². The van der Waals surface area contributed by atoms with Gasteiger partial charge in [0.25, 0.3) is 0 Å². The first kappa shape index (κ1) is 14.0. The second kappa shape index (κ2) is 5.86. The van der Waals surface area contributed by atoms with Gasteiger partial charge in [0.2, 0.25) is 0 Å². The third-order valence-corrected chi connectivity index (χ3v) is 4.49. The molecule has 2 heterocycles. The summed E-state index contributed by atoms with van der Waals surface area (Å²) < 4.78 is 5.92. The molecule has 2 aliphatic rings. The van der Waals surface area contributed by atoms with Crippen LogP contribution in [0.2, 0.25) is 5.02 Å². The number of morpholine rings is 1.